The van der Waals surface area contributed by atoms with Crippen LogP contribution in [0.2, 0.25) is 5.28 Å². The van der Waals surface area contributed by atoms with E-state index in [0.29, 0.717) is 19.4 Å². The van der Waals surface area contributed by atoms with Crippen LogP contribution in [0.25, 0.3) is 0 Å². The van der Waals surface area contributed by atoms with Crippen LogP contribution in [0.5, 0.6) is 0 Å². The highest BCUT2D eigenvalue weighted by Crippen LogP contribution is 2.07. The van der Waals surface area contributed by atoms with Gasteiger partial charge in [0, 0.05) is 13.2 Å². The van der Waals surface area contributed by atoms with Gasteiger partial charge in [-0.2, -0.15) is 0 Å². The first-order chi connectivity index (χ1) is 8.06. The number of halogens is 1. The minimum absolute atomic E-state index is 0.00638. The van der Waals surface area contributed by atoms with Crippen LogP contribution in [-0.2, 0) is 10.0 Å². The fourth-order valence-electron chi connectivity index (χ4n) is 1.14. The van der Waals surface area contributed by atoms with Crippen LogP contribution in [0.15, 0.2) is 17.3 Å². The average molecular weight is 280 g/mol. The highest BCUT2D eigenvalue weighted by molar-refractivity contribution is 7.89. The van der Waals surface area contributed by atoms with Crippen molar-refractivity contribution in [2.75, 3.05) is 13.2 Å². The minimum atomic E-state index is -3.56. The summed E-state index contributed by atoms with van der Waals surface area (Å²) in [6, 6.07) is 0. The summed E-state index contributed by atoms with van der Waals surface area (Å²) in [6.45, 7) is 0.447. The third-order valence-corrected chi connectivity index (χ3v) is 3.64. The summed E-state index contributed by atoms with van der Waals surface area (Å²) in [6.07, 6.45) is 4.44. The molecule has 1 aromatic rings. The fourth-order valence-corrected chi connectivity index (χ4v) is 2.20. The van der Waals surface area contributed by atoms with Gasteiger partial charge in [-0.05, 0) is 30.9 Å². The topological polar surface area (TPSA) is 92.2 Å². The predicted molar refractivity (Wildman–Crippen MR) is 63.2 cm³/mol. The van der Waals surface area contributed by atoms with Crippen molar-refractivity contribution < 1.29 is 13.5 Å². The first-order valence-electron chi connectivity index (χ1n) is 5.14. The molecule has 0 radical (unpaired) electrons. The molecule has 1 aromatic heterocycles. The predicted octanol–water partition coefficient (Wildman–Crippen LogP) is 0.571. The van der Waals surface area contributed by atoms with E-state index < -0.39 is 10.0 Å². The molecule has 0 atom stereocenters. The SMILES string of the molecule is O=S(=O)(NCCCCCO)c1cnc(Cl)nc1. The molecular formula is C9H14ClN3O3S. The molecule has 1 rings (SSSR count). The monoisotopic (exact) mass is 279 g/mol. The van der Waals surface area contributed by atoms with Gasteiger partial charge in [-0.25, -0.2) is 23.1 Å². The van der Waals surface area contributed by atoms with Crippen LogP contribution >= 0.6 is 11.6 Å². The Hall–Kier alpha value is -0.760. The maximum Gasteiger partial charge on any atom is 0.243 e. The Morgan fingerprint density at radius 2 is 1.88 bits per heavy atom. The van der Waals surface area contributed by atoms with Crippen LogP contribution in [0.3, 0.4) is 0 Å². The molecular weight excluding hydrogens is 266 g/mol. The lowest BCUT2D eigenvalue weighted by atomic mass is 10.2. The molecule has 1 heterocycles. The summed E-state index contributed by atoms with van der Waals surface area (Å²) in [5.41, 5.74) is 0. The van der Waals surface area contributed by atoms with E-state index in [4.69, 9.17) is 16.7 Å². The number of aliphatic hydroxyl groups excluding tert-OH is 1. The summed E-state index contributed by atoms with van der Waals surface area (Å²) in [7, 11) is -3.56. The number of nitrogens with one attached hydrogen (secondary N) is 1. The van der Waals surface area contributed by atoms with Crippen molar-refractivity contribution in [1.82, 2.24) is 14.7 Å². The first kappa shape index (κ1) is 14.3. The molecule has 6 nitrogen and oxygen atoms in total. The van der Waals surface area contributed by atoms with Gasteiger partial charge in [-0.15, -0.1) is 0 Å². The number of sulfonamides is 1. The molecule has 0 aromatic carbocycles. The van der Waals surface area contributed by atoms with Gasteiger partial charge in [0.25, 0.3) is 0 Å². The molecule has 0 bridgehead atoms. The van der Waals surface area contributed by atoms with E-state index in [1.807, 2.05) is 0 Å². The fraction of sp³-hybridized carbons (Fsp3) is 0.556. The maximum absolute atomic E-state index is 11.7. The van der Waals surface area contributed by atoms with E-state index >= 15 is 0 Å². The van der Waals surface area contributed by atoms with E-state index in [2.05, 4.69) is 14.7 Å². The summed E-state index contributed by atoms with van der Waals surface area (Å²) < 4.78 is 25.8. The molecule has 0 spiro atoms. The van der Waals surface area contributed by atoms with Gasteiger partial charge in [-0.3, -0.25) is 0 Å². The molecule has 0 aliphatic carbocycles. The molecule has 2 N–H and O–H groups in total. The van der Waals surface area contributed by atoms with Gasteiger partial charge in [0.2, 0.25) is 15.3 Å². The van der Waals surface area contributed by atoms with E-state index in [9.17, 15) is 8.42 Å². The van der Waals surface area contributed by atoms with Crippen LogP contribution in [0.1, 0.15) is 19.3 Å². The van der Waals surface area contributed by atoms with Crippen molar-refractivity contribution in [3.8, 4) is 0 Å². The van der Waals surface area contributed by atoms with Crippen molar-refractivity contribution >= 4 is 21.6 Å². The second-order valence-corrected chi connectivity index (χ2v) is 5.47. The quantitative estimate of drug-likeness (QED) is 0.562. The molecule has 96 valence electrons. The summed E-state index contributed by atoms with van der Waals surface area (Å²) >= 11 is 5.46. The first-order valence-corrected chi connectivity index (χ1v) is 7.00. The number of aromatic nitrogens is 2. The molecule has 17 heavy (non-hydrogen) atoms. The number of hydrogen-bond donors (Lipinski definition) is 2. The van der Waals surface area contributed by atoms with E-state index in [1.165, 1.54) is 0 Å². The van der Waals surface area contributed by atoms with Crippen molar-refractivity contribution in [2.24, 2.45) is 0 Å². The Labute approximate surface area is 105 Å². The molecule has 8 heteroatoms. The summed E-state index contributed by atoms with van der Waals surface area (Å²) in [4.78, 5) is 7.20. The van der Waals surface area contributed by atoms with Crippen molar-refractivity contribution in [2.45, 2.75) is 24.2 Å². The largest absolute Gasteiger partial charge is 0.396 e. The standard InChI is InChI=1S/C9H14ClN3O3S/c10-9-11-6-8(7-12-9)17(15,16)13-4-2-1-3-5-14/h6-7,13-14H,1-5H2. The van der Waals surface area contributed by atoms with Gasteiger partial charge in [0.1, 0.15) is 4.90 Å². The highest BCUT2D eigenvalue weighted by Gasteiger charge is 2.13. The Bertz CT molecular complexity index is 435. The third-order valence-electron chi connectivity index (χ3n) is 2.03. The smallest absolute Gasteiger partial charge is 0.243 e. The number of rotatable bonds is 7. The summed E-state index contributed by atoms with van der Waals surface area (Å²) in [5, 5.41) is 8.57. The second-order valence-electron chi connectivity index (χ2n) is 3.37. The van der Waals surface area contributed by atoms with Crippen LogP contribution in [0, 0.1) is 0 Å². The van der Waals surface area contributed by atoms with Crippen LogP contribution < -0.4 is 4.72 Å². The molecule has 0 saturated carbocycles. The number of unbranched alkanes of at least 4 members (excludes halogenated alkanes) is 2. The minimum Gasteiger partial charge on any atom is -0.396 e. The lowest BCUT2D eigenvalue weighted by Crippen LogP contribution is -2.25. The Balaban J connectivity index is 2.48. The van der Waals surface area contributed by atoms with Gasteiger partial charge in [-0.1, -0.05) is 0 Å². The third kappa shape index (κ3) is 4.95. The zero-order chi connectivity index (χ0) is 12.7. The maximum atomic E-state index is 11.7. The van der Waals surface area contributed by atoms with Crippen LogP contribution in [-0.4, -0.2) is 36.6 Å². The highest BCUT2D eigenvalue weighted by atomic mass is 35.5. The van der Waals surface area contributed by atoms with Crippen molar-refractivity contribution in [3.05, 3.63) is 17.7 Å². The number of hydrogen-bond acceptors (Lipinski definition) is 5. The molecule has 0 amide bonds. The van der Waals surface area contributed by atoms with E-state index in [0.717, 1.165) is 18.8 Å². The van der Waals surface area contributed by atoms with Crippen LogP contribution in [0.4, 0.5) is 0 Å². The number of aliphatic hydroxyl groups is 1. The van der Waals surface area contributed by atoms with Gasteiger partial charge >= 0.3 is 0 Å². The Morgan fingerprint density at radius 3 is 2.47 bits per heavy atom. The molecule has 0 aliphatic rings. The molecule has 0 fully saturated rings. The number of nitrogens with zero attached hydrogens (tertiary/aromatic N) is 2. The van der Waals surface area contributed by atoms with E-state index in [-0.39, 0.29) is 16.8 Å². The lowest BCUT2D eigenvalue weighted by molar-refractivity contribution is 0.283. The average Bonchev–Trinajstić information content (AvgIpc) is 2.29. The van der Waals surface area contributed by atoms with Gasteiger partial charge < -0.3 is 5.11 Å². The normalized spacial score (nSPS) is 11.6. The summed E-state index contributed by atoms with van der Waals surface area (Å²) in [5.74, 6) is 0. The zero-order valence-electron chi connectivity index (χ0n) is 9.13. The van der Waals surface area contributed by atoms with Gasteiger partial charge in [0.15, 0.2) is 0 Å². The van der Waals surface area contributed by atoms with Gasteiger partial charge in [0.05, 0.1) is 12.4 Å². The van der Waals surface area contributed by atoms with Crippen molar-refractivity contribution in [3.63, 3.8) is 0 Å². The molecule has 0 aliphatic heterocycles. The molecule has 0 saturated heterocycles. The Morgan fingerprint density at radius 1 is 1.24 bits per heavy atom. The second kappa shape index (κ2) is 6.85. The van der Waals surface area contributed by atoms with Crippen molar-refractivity contribution in [1.29, 1.82) is 0 Å². The molecule has 0 unspecified atom stereocenters. The van der Waals surface area contributed by atoms with E-state index in [1.54, 1.807) is 0 Å². The lowest BCUT2D eigenvalue weighted by Gasteiger charge is -2.05. The zero-order valence-corrected chi connectivity index (χ0v) is 10.7. The Kier molecular flexibility index (Phi) is 5.76.